The van der Waals surface area contributed by atoms with E-state index in [0.717, 1.165) is 6.07 Å². The molecule has 3 aromatic rings. The number of nitrogens with two attached hydrogens (primary N) is 1. The van der Waals surface area contributed by atoms with E-state index in [1.54, 1.807) is 0 Å². The average Bonchev–Trinajstić information content (AvgIpc) is 2.63. The lowest BCUT2D eigenvalue weighted by atomic mass is 9.80. The van der Waals surface area contributed by atoms with Crippen LogP contribution in [0.2, 0.25) is 0 Å². The van der Waals surface area contributed by atoms with Crippen molar-refractivity contribution in [1.82, 2.24) is 0 Å². The molecule has 0 aliphatic heterocycles. The molecule has 1 amide bonds. The predicted molar refractivity (Wildman–Crippen MR) is 94.7 cm³/mol. The van der Waals surface area contributed by atoms with Crippen LogP contribution in [-0.4, -0.2) is 42.3 Å². The Bertz CT molecular complexity index is 1230. The van der Waals surface area contributed by atoms with Crippen LogP contribution in [0, 0.1) is 0 Å². The summed E-state index contributed by atoms with van der Waals surface area (Å²) in [5.41, 5.74) is 3.64. The number of carbonyl (C=O) groups is 2. The minimum Gasteiger partial charge on any atom is -0.508 e. The van der Waals surface area contributed by atoms with Gasteiger partial charge in [0.1, 0.15) is 28.9 Å². The monoisotopic (exact) mass is 383 g/mol. The first-order valence-electron chi connectivity index (χ1n) is 7.97. The van der Waals surface area contributed by atoms with E-state index in [4.69, 9.17) is 5.73 Å². The number of hydrogen-bond donors (Lipinski definition) is 7. The van der Waals surface area contributed by atoms with Gasteiger partial charge in [0, 0.05) is 27.6 Å². The summed E-state index contributed by atoms with van der Waals surface area (Å²) in [6, 6.07) is 5.08. The summed E-state index contributed by atoms with van der Waals surface area (Å²) in [4.78, 5) is 24.4. The van der Waals surface area contributed by atoms with Gasteiger partial charge in [0.15, 0.2) is 17.3 Å². The van der Waals surface area contributed by atoms with Crippen LogP contribution in [0.25, 0.3) is 10.8 Å². The van der Waals surface area contributed by atoms with Crippen LogP contribution in [0.3, 0.4) is 0 Å². The van der Waals surface area contributed by atoms with E-state index in [9.17, 15) is 40.2 Å². The van der Waals surface area contributed by atoms with Crippen molar-refractivity contribution in [3.8, 4) is 28.7 Å². The van der Waals surface area contributed by atoms with Crippen LogP contribution >= 0.6 is 0 Å². The first-order valence-corrected chi connectivity index (χ1v) is 7.97. The first-order chi connectivity index (χ1) is 13.2. The molecule has 9 heteroatoms. The van der Waals surface area contributed by atoms with E-state index in [1.165, 1.54) is 18.2 Å². The predicted octanol–water partition coefficient (Wildman–Crippen LogP) is 1.09. The summed E-state index contributed by atoms with van der Waals surface area (Å²) in [6.07, 6.45) is -1.63. The standard InChI is InChI=1S/C19H13NO8/c20-19(28)12-14(23)7-4-6-10(16(25)11(7)17(26)18(12)27)15(24)9-5(13(6)22)2-1-3-8(9)21/h1-4,15,21,23-27H,(H2,20,28). The highest BCUT2D eigenvalue weighted by atomic mass is 16.3. The maximum absolute atomic E-state index is 12.9. The van der Waals surface area contributed by atoms with Crippen molar-refractivity contribution in [3.63, 3.8) is 0 Å². The topological polar surface area (TPSA) is 182 Å². The van der Waals surface area contributed by atoms with Crippen LogP contribution in [0.1, 0.15) is 43.5 Å². The molecule has 0 spiro atoms. The van der Waals surface area contributed by atoms with Gasteiger partial charge in [-0.25, -0.2) is 0 Å². The first kappa shape index (κ1) is 17.4. The van der Waals surface area contributed by atoms with Gasteiger partial charge in [-0.15, -0.1) is 0 Å². The summed E-state index contributed by atoms with van der Waals surface area (Å²) in [5.74, 6) is -5.97. The lowest BCUT2D eigenvalue weighted by Crippen LogP contribution is -2.20. The van der Waals surface area contributed by atoms with Crippen molar-refractivity contribution in [2.45, 2.75) is 6.10 Å². The quantitative estimate of drug-likeness (QED) is 0.241. The number of benzene rings is 3. The van der Waals surface area contributed by atoms with Crippen LogP contribution in [0.5, 0.6) is 28.7 Å². The van der Waals surface area contributed by atoms with Gasteiger partial charge in [-0.05, 0) is 12.1 Å². The van der Waals surface area contributed by atoms with Crippen LogP contribution in [0.15, 0.2) is 24.3 Å². The van der Waals surface area contributed by atoms with Crippen LogP contribution in [-0.2, 0) is 0 Å². The molecule has 0 fully saturated rings. The number of aromatic hydroxyl groups is 5. The number of rotatable bonds is 1. The maximum Gasteiger partial charge on any atom is 0.256 e. The third kappa shape index (κ3) is 1.98. The Morgan fingerprint density at radius 3 is 2.21 bits per heavy atom. The van der Waals surface area contributed by atoms with E-state index < -0.39 is 51.7 Å². The number of phenolic OH excluding ortho intramolecular Hbond substituents is 3. The third-order valence-corrected chi connectivity index (χ3v) is 4.90. The fraction of sp³-hybridized carbons (Fsp3) is 0.0526. The number of phenols is 5. The summed E-state index contributed by atoms with van der Waals surface area (Å²) in [5, 5.41) is 61.2. The number of primary amides is 1. The summed E-state index contributed by atoms with van der Waals surface area (Å²) in [6.45, 7) is 0. The highest BCUT2D eigenvalue weighted by Gasteiger charge is 2.37. The second kappa shape index (κ2) is 5.51. The number of amides is 1. The molecule has 0 heterocycles. The summed E-state index contributed by atoms with van der Waals surface area (Å²) >= 11 is 0. The van der Waals surface area contributed by atoms with E-state index in [0.29, 0.717) is 0 Å². The van der Waals surface area contributed by atoms with Gasteiger partial charge >= 0.3 is 0 Å². The van der Waals surface area contributed by atoms with Gasteiger partial charge in [-0.2, -0.15) is 0 Å². The Labute approximate surface area is 156 Å². The molecule has 0 aromatic heterocycles. The molecule has 8 N–H and O–H groups in total. The molecule has 142 valence electrons. The number of aliphatic hydroxyl groups is 1. The van der Waals surface area contributed by atoms with Gasteiger partial charge in [-0.1, -0.05) is 12.1 Å². The highest BCUT2D eigenvalue weighted by Crippen LogP contribution is 2.52. The molecule has 1 aliphatic rings. The molecular weight excluding hydrogens is 370 g/mol. The van der Waals surface area contributed by atoms with Gasteiger partial charge in [-0.3, -0.25) is 9.59 Å². The number of fused-ring (bicyclic) bond motifs is 3. The van der Waals surface area contributed by atoms with Gasteiger partial charge in [0.2, 0.25) is 0 Å². The summed E-state index contributed by atoms with van der Waals surface area (Å²) in [7, 11) is 0. The number of ketones is 1. The molecule has 1 unspecified atom stereocenters. The zero-order valence-electron chi connectivity index (χ0n) is 14.0. The molecule has 9 nitrogen and oxygen atoms in total. The lowest BCUT2D eigenvalue weighted by Gasteiger charge is -2.26. The zero-order chi connectivity index (χ0) is 20.5. The van der Waals surface area contributed by atoms with Gasteiger partial charge in [0.05, 0.1) is 5.39 Å². The van der Waals surface area contributed by atoms with Crippen LogP contribution < -0.4 is 5.73 Å². The fourth-order valence-electron chi connectivity index (χ4n) is 3.62. The van der Waals surface area contributed by atoms with Crippen molar-refractivity contribution < 1.29 is 40.2 Å². The fourth-order valence-corrected chi connectivity index (χ4v) is 3.62. The maximum atomic E-state index is 12.9. The molecule has 0 bridgehead atoms. The normalized spacial score (nSPS) is 15.3. The Morgan fingerprint density at radius 2 is 1.57 bits per heavy atom. The van der Waals surface area contributed by atoms with Crippen molar-refractivity contribution in [2.75, 3.05) is 0 Å². The second-order valence-electron chi connectivity index (χ2n) is 6.36. The van der Waals surface area contributed by atoms with E-state index in [2.05, 4.69) is 0 Å². The lowest BCUT2D eigenvalue weighted by molar-refractivity contribution is 0.0992. The number of aliphatic hydroxyl groups excluding tert-OH is 1. The third-order valence-electron chi connectivity index (χ3n) is 4.90. The molecule has 0 radical (unpaired) electrons. The minimum absolute atomic E-state index is 0.0173. The minimum atomic E-state index is -1.63. The molecule has 0 saturated carbocycles. The van der Waals surface area contributed by atoms with Crippen molar-refractivity contribution in [3.05, 3.63) is 52.1 Å². The Hall–Kier alpha value is -3.98. The Balaban J connectivity index is 2.18. The van der Waals surface area contributed by atoms with Gasteiger partial charge < -0.3 is 36.4 Å². The largest absolute Gasteiger partial charge is 0.508 e. The zero-order valence-corrected chi connectivity index (χ0v) is 14.0. The summed E-state index contributed by atoms with van der Waals surface area (Å²) < 4.78 is 0. The van der Waals surface area contributed by atoms with Crippen molar-refractivity contribution in [2.24, 2.45) is 5.73 Å². The Kier molecular flexibility index (Phi) is 3.43. The molecule has 4 rings (SSSR count). The Morgan fingerprint density at radius 1 is 0.893 bits per heavy atom. The van der Waals surface area contributed by atoms with Crippen molar-refractivity contribution in [1.29, 1.82) is 0 Å². The van der Waals surface area contributed by atoms with Gasteiger partial charge in [0.25, 0.3) is 5.91 Å². The second-order valence-corrected chi connectivity index (χ2v) is 6.36. The number of hydrogen-bond acceptors (Lipinski definition) is 8. The average molecular weight is 383 g/mol. The van der Waals surface area contributed by atoms with Crippen LogP contribution in [0.4, 0.5) is 0 Å². The van der Waals surface area contributed by atoms with E-state index >= 15 is 0 Å². The molecule has 1 aliphatic carbocycles. The molecule has 28 heavy (non-hydrogen) atoms. The molecular formula is C19H13NO8. The smallest absolute Gasteiger partial charge is 0.256 e. The SMILES string of the molecule is NC(=O)c1c(O)c(O)c2c(O)c3c(cc2c1O)C(=O)c1cccc(O)c1C3O. The van der Waals surface area contributed by atoms with E-state index in [-0.39, 0.29) is 33.4 Å². The van der Waals surface area contributed by atoms with E-state index in [1.807, 2.05) is 0 Å². The number of carbonyl (C=O) groups excluding carboxylic acids is 2. The van der Waals surface area contributed by atoms with Crippen molar-refractivity contribution >= 4 is 22.5 Å². The molecule has 3 aromatic carbocycles. The highest BCUT2D eigenvalue weighted by molar-refractivity contribution is 6.18. The molecule has 1 atom stereocenters. The molecule has 0 saturated heterocycles.